The maximum atomic E-state index is 13.6. The first-order chi connectivity index (χ1) is 11.6. The molecule has 0 aliphatic carbocycles. The number of likely N-dealkylation sites (tertiary alicyclic amines) is 1. The van der Waals surface area contributed by atoms with Gasteiger partial charge in [0.05, 0.1) is 11.6 Å². The molecule has 1 aromatic rings. The zero-order valence-electron chi connectivity index (χ0n) is 14.1. The van der Waals surface area contributed by atoms with Crippen LogP contribution in [0.4, 0.5) is 9.18 Å². The molecule has 1 atom stereocenters. The molecule has 2 N–H and O–H groups in total. The van der Waals surface area contributed by atoms with E-state index in [2.05, 4.69) is 22.5 Å². The molecule has 1 aliphatic rings. The van der Waals surface area contributed by atoms with Crippen LogP contribution in [0.25, 0.3) is 0 Å². The Labute approximate surface area is 142 Å². The number of carbonyl (C=O) groups is 1. The fraction of sp³-hybridized carbons (Fsp3) is 0.556. The Morgan fingerprint density at radius 2 is 2.08 bits per heavy atom. The highest BCUT2D eigenvalue weighted by atomic mass is 19.1. The van der Waals surface area contributed by atoms with Gasteiger partial charge in [0.15, 0.2) is 0 Å². The van der Waals surface area contributed by atoms with Crippen molar-refractivity contribution in [1.29, 1.82) is 5.26 Å². The number of piperidine rings is 1. The Kier molecular flexibility index (Phi) is 7.01. The highest BCUT2D eigenvalue weighted by Crippen LogP contribution is 2.13. The molecule has 0 spiro atoms. The minimum Gasteiger partial charge on any atom is -0.338 e. The van der Waals surface area contributed by atoms with Crippen molar-refractivity contribution in [2.45, 2.75) is 45.2 Å². The predicted octanol–water partition coefficient (Wildman–Crippen LogP) is 2.76. The van der Waals surface area contributed by atoms with Crippen molar-refractivity contribution in [2.24, 2.45) is 0 Å². The van der Waals surface area contributed by atoms with Crippen LogP contribution in [0.3, 0.4) is 0 Å². The van der Waals surface area contributed by atoms with Gasteiger partial charge >= 0.3 is 6.03 Å². The van der Waals surface area contributed by atoms with Crippen LogP contribution in [0.1, 0.15) is 43.7 Å². The Morgan fingerprint density at radius 3 is 2.79 bits per heavy atom. The molecule has 0 aromatic heterocycles. The van der Waals surface area contributed by atoms with Crippen LogP contribution >= 0.6 is 0 Å². The lowest BCUT2D eigenvalue weighted by atomic mass is 10.1. The number of benzene rings is 1. The minimum atomic E-state index is -0.423. The molecule has 130 valence electrons. The summed E-state index contributed by atoms with van der Waals surface area (Å²) in [6.45, 7) is 5.12. The van der Waals surface area contributed by atoms with Crippen molar-refractivity contribution in [3.8, 4) is 6.07 Å². The van der Waals surface area contributed by atoms with Crippen LogP contribution < -0.4 is 10.6 Å². The summed E-state index contributed by atoms with van der Waals surface area (Å²) in [6.07, 6.45) is 4.72. The molecule has 0 unspecified atom stereocenters. The normalized spacial score (nSPS) is 16.2. The maximum absolute atomic E-state index is 13.6. The largest absolute Gasteiger partial charge is 0.338 e. The van der Waals surface area contributed by atoms with Gasteiger partial charge in [0, 0.05) is 24.7 Å². The lowest BCUT2D eigenvalue weighted by molar-refractivity contribution is 0.166. The molecule has 1 saturated heterocycles. The number of nitriles is 1. The third kappa shape index (κ3) is 5.50. The second-order valence-corrected chi connectivity index (χ2v) is 6.26. The Morgan fingerprint density at radius 1 is 1.33 bits per heavy atom. The third-order valence-electron chi connectivity index (χ3n) is 4.48. The number of carbonyl (C=O) groups excluding carboxylic acids is 1. The van der Waals surface area contributed by atoms with E-state index in [0.29, 0.717) is 23.7 Å². The lowest BCUT2D eigenvalue weighted by Gasteiger charge is -2.32. The molecular formula is C18H25FN4O. The number of nitrogens with zero attached hydrogens (tertiary/aromatic N) is 2. The second-order valence-electron chi connectivity index (χ2n) is 6.26. The highest BCUT2D eigenvalue weighted by molar-refractivity contribution is 5.73. The van der Waals surface area contributed by atoms with E-state index in [-0.39, 0.29) is 12.6 Å². The first-order valence-corrected chi connectivity index (χ1v) is 8.54. The molecule has 0 saturated carbocycles. The number of nitrogens with one attached hydrogen (secondary N) is 2. The average molecular weight is 332 g/mol. The van der Waals surface area contributed by atoms with Gasteiger partial charge in [-0.1, -0.05) is 6.42 Å². The van der Waals surface area contributed by atoms with Crippen LogP contribution in [0, 0.1) is 17.1 Å². The Balaban J connectivity index is 1.69. The highest BCUT2D eigenvalue weighted by Gasteiger charge is 2.16. The van der Waals surface area contributed by atoms with Gasteiger partial charge in [0.25, 0.3) is 0 Å². The van der Waals surface area contributed by atoms with Crippen molar-refractivity contribution in [2.75, 3.05) is 19.6 Å². The number of amides is 2. The van der Waals surface area contributed by atoms with E-state index in [4.69, 9.17) is 5.26 Å². The van der Waals surface area contributed by atoms with Crippen molar-refractivity contribution in [3.05, 3.63) is 35.1 Å². The summed E-state index contributed by atoms with van der Waals surface area (Å²) in [5, 5.41) is 14.3. The van der Waals surface area contributed by atoms with Gasteiger partial charge in [0.1, 0.15) is 5.82 Å². The van der Waals surface area contributed by atoms with E-state index in [0.717, 1.165) is 19.5 Å². The zero-order valence-corrected chi connectivity index (χ0v) is 14.1. The molecule has 2 amide bonds. The summed E-state index contributed by atoms with van der Waals surface area (Å²) >= 11 is 0. The van der Waals surface area contributed by atoms with Crippen LogP contribution in [-0.4, -0.2) is 36.6 Å². The number of hydrogen-bond donors (Lipinski definition) is 2. The minimum absolute atomic E-state index is 0.0644. The predicted molar refractivity (Wildman–Crippen MR) is 90.9 cm³/mol. The van der Waals surface area contributed by atoms with Gasteiger partial charge in [-0.2, -0.15) is 5.26 Å². The first-order valence-electron chi connectivity index (χ1n) is 8.54. The van der Waals surface area contributed by atoms with Gasteiger partial charge in [-0.25, -0.2) is 9.18 Å². The monoisotopic (exact) mass is 332 g/mol. The second kappa shape index (κ2) is 9.24. The van der Waals surface area contributed by atoms with Crippen molar-refractivity contribution >= 4 is 6.03 Å². The average Bonchev–Trinajstić information content (AvgIpc) is 2.61. The topological polar surface area (TPSA) is 68.2 Å². The van der Waals surface area contributed by atoms with E-state index >= 15 is 0 Å². The molecule has 1 aliphatic heterocycles. The summed E-state index contributed by atoms with van der Waals surface area (Å²) in [5.41, 5.74) is 0.690. The van der Waals surface area contributed by atoms with Gasteiger partial charge < -0.3 is 15.5 Å². The zero-order chi connectivity index (χ0) is 17.4. The summed E-state index contributed by atoms with van der Waals surface area (Å²) in [7, 11) is 0. The van der Waals surface area contributed by atoms with E-state index in [1.807, 2.05) is 6.07 Å². The van der Waals surface area contributed by atoms with Gasteiger partial charge in [-0.15, -0.1) is 0 Å². The van der Waals surface area contributed by atoms with Gasteiger partial charge in [-0.05, 0) is 57.5 Å². The van der Waals surface area contributed by atoms with E-state index in [9.17, 15) is 9.18 Å². The number of urea groups is 1. The lowest BCUT2D eigenvalue weighted by Crippen LogP contribution is -2.41. The molecule has 0 bridgehead atoms. The molecule has 5 nitrogen and oxygen atoms in total. The van der Waals surface area contributed by atoms with Crippen molar-refractivity contribution in [1.82, 2.24) is 15.5 Å². The first kappa shape index (κ1) is 18.2. The standard InChI is InChI=1S/C18H25FN4O/c1-14(23-9-3-2-4-10-23)7-8-21-18(24)22-13-16-11-15(12-20)5-6-17(16)19/h5-6,11,14H,2-4,7-10,13H2,1H3,(H2,21,22,24)/t14-/m0/s1. The molecular weight excluding hydrogens is 307 g/mol. The SMILES string of the molecule is C[C@@H](CCNC(=O)NCc1cc(C#N)ccc1F)N1CCCCC1. The molecule has 2 rings (SSSR count). The quantitative estimate of drug-likeness (QED) is 0.842. The van der Waals surface area contributed by atoms with Crippen LogP contribution in [0.2, 0.25) is 0 Å². The summed E-state index contributed by atoms with van der Waals surface area (Å²) < 4.78 is 13.6. The van der Waals surface area contributed by atoms with E-state index < -0.39 is 5.82 Å². The Bertz CT molecular complexity index is 593. The number of halogens is 1. The fourth-order valence-corrected chi connectivity index (χ4v) is 2.95. The molecule has 1 heterocycles. The molecule has 1 fully saturated rings. The molecule has 24 heavy (non-hydrogen) atoms. The summed E-state index contributed by atoms with van der Waals surface area (Å²) in [6, 6.07) is 6.21. The maximum Gasteiger partial charge on any atom is 0.315 e. The molecule has 1 aromatic carbocycles. The molecule has 6 heteroatoms. The van der Waals surface area contributed by atoms with Gasteiger partial charge in [0.2, 0.25) is 0 Å². The van der Waals surface area contributed by atoms with Gasteiger partial charge in [-0.3, -0.25) is 0 Å². The number of rotatable bonds is 6. The third-order valence-corrected chi connectivity index (χ3v) is 4.48. The van der Waals surface area contributed by atoms with E-state index in [1.54, 1.807) is 0 Å². The summed E-state index contributed by atoms with van der Waals surface area (Å²) in [5.74, 6) is -0.423. The molecule has 0 radical (unpaired) electrons. The number of hydrogen-bond acceptors (Lipinski definition) is 3. The van der Waals surface area contributed by atoms with Crippen LogP contribution in [0.15, 0.2) is 18.2 Å². The smallest absolute Gasteiger partial charge is 0.315 e. The van der Waals surface area contributed by atoms with E-state index in [1.165, 1.54) is 37.5 Å². The summed E-state index contributed by atoms with van der Waals surface area (Å²) in [4.78, 5) is 14.3. The Hall–Kier alpha value is -2.13. The fourth-order valence-electron chi connectivity index (χ4n) is 2.95. The van der Waals surface area contributed by atoms with Crippen LogP contribution in [0.5, 0.6) is 0 Å². The van der Waals surface area contributed by atoms with Crippen LogP contribution in [-0.2, 0) is 6.54 Å². The van der Waals surface area contributed by atoms with Crippen molar-refractivity contribution < 1.29 is 9.18 Å². The van der Waals surface area contributed by atoms with Crippen molar-refractivity contribution in [3.63, 3.8) is 0 Å².